The first kappa shape index (κ1) is 15.6. The second kappa shape index (κ2) is 7.24. The number of aliphatic hydroxyl groups excluding tert-OH is 1. The molecule has 0 aromatic rings. The van der Waals surface area contributed by atoms with E-state index < -0.39 is 0 Å². The molecule has 0 bridgehead atoms. The Morgan fingerprint density at radius 2 is 2.33 bits per heavy atom. The molecule has 5 heteroatoms. The Morgan fingerprint density at radius 1 is 1.61 bits per heavy atom. The molecule has 0 radical (unpaired) electrons. The second-order valence-electron chi connectivity index (χ2n) is 5.44. The van der Waals surface area contributed by atoms with Gasteiger partial charge in [0.1, 0.15) is 0 Å². The Balaban J connectivity index is 2.44. The van der Waals surface area contributed by atoms with Crippen LogP contribution in [0, 0.1) is 5.41 Å². The van der Waals surface area contributed by atoms with Crippen molar-refractivity contribution in [1.82, 2.24) is 10.6 Å². The van der Waals surface area contributed by atoms with Crippen LogP contribution in [0.25, 0.3) is 0 Å². The number of rotatable bonds is 6. The summed E-state index contributed by atoms with van der Waals surface area (Å²) < 4.78 is 0. The van der Waals surface area contributed by atoms with Crippen molar-refractivity contribution >= 4 is 17.8 Å². The number of aliphatic hydroxyl groups is 1. The van der Waals surface area contributed by atoms with Gasteiger partial charge in [-0.05, 0) is 25.5 Å². The highest BCUT2D eigenvalue weighted by atomic mass is 32.2. The first-order chi connectivity index (χ1) is 8.55. The lowest BCUT2D eigenvalue weighted by Crippen LogP contribution is -2.51. The van der Waals surface area contributed by atoms with Crippen LogP contribution in [-0.4, -0.2) is 41.8 Å². The lowest BCUT2D eigenvalue weighted by molar-refractivity contribution is 0.121. The molecule has 1 rings (SSSR count). The van der Waals surface area contributed by atoms with E-state index in [9.17, 15) is 9.90 Å². The molecule has 1 fully saturated rings. The van der Waals surface area contributed by atoms with Crippen LogP contribution >= 0.6 is 11.8 Å². The fourth-order valence-corrected chi connectivity index (χ4v) is 3.24. The van der Waals surface area contributed by atoms with Crippen LogP contribution in [0.2, 0.25) is 0 Å². The molecule has 1 saturated carbocycles. The smallest absolute Gasteiger partial charge is 0.315 e. The van der Waals surface area contributed by atoms with Crippen LogP contribution in [0.1, 0.15) is 39.5 Å². The molecule has 0 aromatic heterocycles. The Kier molecular flexibility index (Phi) is 6.29. The summed E-state index contributed by atoms with van der Waals surface area (Å²) in [6.07, 6.45) is 6.00. The zero-order valence-corrected chi connectivity index (χ0v) is 12.5. The predicted molar refractivity (Wildman–Crippen MR) is 77.0 cm³/mol. The monoisotopic (exact) mass is 274 g/mol. The molecule has 3 atom stereocenters. The number of urea groups is 1. The number of amides is 2. The molecule has 3 N–H and O–H groups in total. The molecule has 1 aliphatic rings. The van der Waals surface area contributed by atoms with Crippen LogP contribution in [0.15, 0.2) is 0 Å². The van der Waals surface area contributed by atoms with Gasteiger partial charge in [-0.1, -0.05) is 20.3 Å². The summed E-state index contributed by atoms with van der Waals surface area (Å²) >= 11 is 1.74. The van der Waals surface area contributed by atoms with Crippen molar-refractivity contribution in [3.05, 3.63) is 0 Å². The molecule has 18 heavy (non-hydrogen) atoms. The van der Waals surface area contributed by atoms with E-state index in [1.54, 1.807) is 11.8 Å². The zero-order valence-electron chi connectivity index (χ0n) is 11.7. The fourth-order valence-electron chi connectivity index (χ4n) is 2.52. The highest BCUT2D eigenvalue weighted by Crippen LogP contribution is 2.37. The summed E-state index contributed by atoms with van der Waals surface area (Å²) in [7, 11) is 0. The molecule has 0 aromatic carbocycles. The Bertz CT molecular complexity index is 276. The molecule has 1 aliphatic carbocycles. The van der Waals surface area contributed by atoms with E-state index in [0.717, 1.165) is 31.4 Å². The average molecular weight is 274 g/mol. The van der Waals surface area contributed by atoms with E-state index in [0.29, 0.717) is 0 Å². The van der Waals surface area contributed by atoms with Gasteiger partial charge in [0.2, 0.25) is 0 Å². The summed E-state index contributed by atoms with van der Waals surface area (Å²) in [6, 6.07) is 0.221. The molecule has 3 unspecified atom stereocenters. The minimum Gasteiger partial charge on any atom is -0.396 e. The number of hydrogen-bond acceptors (Lipinski definition) is 3. The van der Waals surface area contributed by atoms with Crippen molar-refractivity contribution in [2.24, 2.45) is 5.41 Å². The molecule has 2 amide bonds. The lowest BCUT2D eigenvalue weighted by Gasteiger charge is -2.30. The topological polar surface area (TPSA) is 61.4 Å². The highest BCUT2D eigenvalue weighted by Gasteiger charge is 2.39. The van der Waals surface area contributed by atoms with E-state index >= 15 is 0 Å². The predicted octanol–water partition coefficient (Wildman–Crippen LogP) is 1.98. The standard InChI is InChI=1S/C13H26N2O2S/c1-4-10(8-18-3)14-12(17)15-11-6-5-7-13(11,2)9-16/h10-11,16H,4-9H2,1-3H3,(H2,14,15,17). The second-order valence-corrected chi connectivity index (χ2v) is 6.35. The van der Waals surface area contributed by atoms with Crippen LogP contribution in [0.5, 0.6) is 0 Å². The third kappa shape index (κ3) is 4.05. The van der Waals surface area contributed by atoms with Gasteiger partial charge in [-0.15, -0.1) is 0 Å². The SMILES string of the molecule is CCC(CSC)NC(=O)NC1CCCC1(C)CO. The normalized spacial score (nSPS) is 29.0. The maximum Gasteiger partial charge on any atom is 0.315 e. The van der Waals surface area contributed by atoms with Gasteiger partial charge in [0.15, 0.2) is 0 Å². The van der Waals surface area contributed by atoms with E-state index in [4.69, 9.17) is 0 Å². The van der Waals surface area contributed by atoms with E-state index in [-0.39, 0.29) is 30.1 Å². The van der Waals surface area contributed by atoms with Gasteiger partial charge >= 0.3 is 6.03 Å². The molecule has 106 valence electrons. The number of thioether (sulfide) groups is 1. The zero-order chi connectivity index (χ0) is 13.6. The molecular formula is C13H26N2O2S. The van der Waals surface area contributed by atoms with Gasteiger partial charge in [0, 0.05) is 23.3 Å². The molecule has 4 nitrogen and oxygen atoms in total. The lowest BCUT2D eigenvalue weighted by atomic mass is 9.86. The van der Waals surface area contributed by atoms with Gasteiger partial charge in [-0.3, -0.25) is 0 Å². The fraction of sp³-hybridized carbons (Fsp3) is 0.923. The maximum absolute atomic E-state index is 11.9. The summed E-state index contributed by atoms with van der Waals surface area (Å²) in [6.45, 7) is 4.26. The maximum atomic E-state index is 11.9. The van der Waals surface area contributed by atoms with Crippen molar-refractivity contribution < 1.29 is 9.90 Å². The molecule has 0 saturated heterocycles. The first-order valence-electron chi connectivity index (χ1n) is 6.72. The first-order valence-corrected chi connectivity index (χ1v) is 8.12. The Hall–Kier alpha value is -0.420. The summed E-state index contributed by atoms with van der Waals surface area (Å²) in [5.74, 6) is 0.936. The largest absolute Gasteiger partial charge is 0.396 e. The minimum absolute atomic E-state index is 0.0919. The Morgan fingerprint density at radius 3 is 2.89 bits per heavy atom. The van der Waals surface area contributed by atoms with E-state index in [1.807, 2.05) is 13.2 Å². The van der Waals surface area contributed by atoms with Crippen LogP contribution < -0.4 is 10.6 Å². The third-order valence-electron chi connectivity index (χ3n) is 3.94. The van der Waals surface area contributed by atoms with Gasteiger partial charge in [0.25, 0.3) is 0 Å². The number of carbonyl (C=O) groups excluding carboxylic acids is 1. The van der Waals surface area contributed by atoms with Crippen molar-refractivity contribution in [3.8, 4) is 0 Å². The van der Waals surface area contributed by atoms with Gasteiger partial charge in [0.05, 0.1) is 6.61 Å². The molecule has 0 heterocycles. The van der Waals surface area contributed by atoms with E-state index in [1.165, 1.54) is 0 Å². The van der Waals surface area contributed by atoms with Gasteiger partial charge in [-0.2, -0.15) is 11.8 Å². The highest BCUT2D eigenvalue weighted by molar-refractivity contribution is 7.98. The minimum atomic E-state index is -0.154. The third-order valence-corrected chi connectivity index (χ3v) is 4.68. The molecule has 0 aliphatic heterocycles. The number of hydrogen-bond donors (Lipinski definition) is 3. The van der Waals surface area contributed by atoms with Crippen LogP contribution in [0.3, 0.4) is 0 Å². The number of carbonyl (C=O) groups is 1. The summed E-state index contributed by atoms with van der Waals surface area (Å²) in [5, 5.41) is 15.5. The average Bonchev–Trinajstić information content (AvgIpc) is 2.71. The van der Waals surface area contributed by atoms with Crippen molar-refractivity contribution in [1.29, 1.82) is 0 Å². The molecular weight excluding hydrogens is 248 g/mol. The van der Waals surface area contributed by atoms with Crippen molar-refractivity contribution in [2.75, 3.05) is 18.6 Å². The Labute approximate surface area is 114 Å². The van der Waals surface area contributed by atoms with Crippen molar-refractivity contribution in [3.63, 3.8) is 0 Å². The van der Waals surface area contributed by atoms with Gasteiger partial charge in [-0.25, -0.2) is 4.79 Å². The number of nitrogens with one attached hydrogen (secondary N) is 2. The van der Waals surface area contributed by atoms with Gasteiger partial charge < -0.3 is 15.7 Å². The van der Waals surface area contributed by atoms with Crippen LogP contribution in [-0.2, 0) is 0 Å². The van der Waals surface area contributed by atoms with Crippen LogP contribution in [0.4, 0.5) is 4.79 Å². The summed E-state index contributed by atoms with van der Waals surface area (Å²) in [5.41, 5.74) is -0.154. The quantitative estimate of drug-likeness (QED) is 0.694. The molecule has 0 spiro atoms. The summed E-state index contributed by atoms with van der Waals surface area (Å²) in [4.78, 5) is 11.9. The van der Waals surface area contributed by atoms with Crippen molar-refractivity contribution in [2.45, 2.75) is 51.6 Å². The van der Waals surface area contributed by atoms with E-state index in [2.05, 4.69) is 17.6 Å².